The van der Waals surface area contributed by atoms with Crippen LogP contribution in [0.25, 0.3) is 22.6 Å². The summed E-state index contributed by atoms with van der Waals surface area (Å²) in [5, 5.41) is 13.3. The van der Waals surface area contributed by atoms with E-state index >= 15 is 0 Å². The molecule has 1 heterocycles. The number of nitrogens with zero attached hydrogens (tertiary/aromatic N) is 2. The first-order valence-corrected chi connectivity index (χ1v) is 15.7. The predicted octanol–water partition coefficient (Wildman–Crippen LogP) is 8.61. The number of hydrogen-bond acceptors (Lipinski definition) is 3. The van der Waals surface area contributed by atoms with Gasteiger partial charge in [-0.25, -0.2) is 9.78 Å². The van der Waals surface area contributed by atoms with Crippen LogP contribution in [0, 0.1) is 19.8 Å². The minimum atomic E-state index is -0.886. The Labute approximate surface area is 251 Å². The largest absolute Gasteiger partial charge is 0.478 e. The summed E-state index contributed by atoms with van der Waals surface area (Å²) in [7, 11) is 0. The minimum absolute atomic E-state index is 0.301. The van der Waals surface area contributed by atoms with Crippen molar-refractivity contribution in [1.29, 1.82) is 0 Å². The third-order valence-electron chi connectivity index (χ3n) is 8.92. The number of carboxylic acid groups (broad SMARTS) is 1. The fourth-order valence-electron chi connectivity index (χ4n) is 6.39. The van der Waals surface area contributed by atoms with Gasteiger partial charge in [0.15, 0.2) is 0 Å². The number of nitrogens with one attached hydrogen (secondary N) is 1. The van der Waals surface area contributed by atoms with Gasteiger partial charge in [0.05, 0.1) is 11.3 Å². The highest BCUT2D eigenvalue weighted by Gasteiger charge is 2.28. The molecule has 5 rings (SSSR count). The average Bonchev–Trinajstić information content (AvgIpc) is 3.36. The Morgan fingerprint density at radius 3 is 2.36 bits per heavy atom. The quantitative estimate of drug-likeness (QED) is 0.181. The van der Waals surface area contributed by atoms with Crippen LogP contribution in [0.4, 0.5) is 0 Å². The van der Waals surface area contributed by atoms with Gasteiger partial charge in [-0.2, -0.15) is 0 Å². The van der Waals surface area contributed by atoms with Gasteiger partial charge in [0.1, 0.15) is 5.82 Å². The molecule has 3 aromatic carbocycles. The fourth-order valence-corrected chi connectivity index (χ4v) is 6.39. The van der Waals surface area contributed by atoms with E-state index in [-0.39, 0.29) is 0 Å². The van der Waals surface area contributed by atoms with Crippen LogP contribution in [-0.2, 0) is 19.5 Å². The number of benzene rings is 3. The zero-order valence-electron chi connectivity index (χ0n) is 25.4. The van der Waals surface area contributed by atoms with Crippen molar-refractivity contribution in [3.63, 3.8) is 0 Å². The van der Waals surface area contributed by atoms with Gasteiger partial charge >= 0.3 is 5.97 Å². The Morgan fingerprint density at radius 2 is 1.69 bits per heavy atom. The molecule has 2 N–H and O–H groups in total. The van der Waals surface area contributed by atoms with Crippen molar-refractivity contribution in [3.05, 3.63) is 101 Å². The molecule has 0 amide bonds. The third kappa shape index (κ3) is 7.01. The Morgan fingerprint density at radius 1 is 0.976 bits per heavy atom. The summed E-state index contributed by atoms with van der Waals surface area (Å²) in [5.41, 5.74) is 8.72. The van der Waals surface area contributed by atoms with Crippen LogP contribution >= 0.6 is 0 Å². The van der Waals surface area contributed by atoms with E-state index in [4.69, 9.17) is 4.98 Å². The molecular weight excluding hydrogens is 518 g/mol. The second-order valence-corrected chi connectivity index (χ2v) is 12.0. The highest BCUT2D eigenvalue weighted by atomic mass is 16.4. The number of aromatic carboxylic acids is 1. The molecule has 42 heavy (non-hydrogen) atoms. The number of hydrogen-bond donors (Lipinski definition) is 2. The van der Waals surface area contributed by atoms with Gasteiger partial charge in [0.25, 0.3) is 0 Å². The molecule has 4 aromatic rings. The normalized spacial score (nSPS) is 14.6. The van der Waals surface area contributed by atoms with Crippen molar-refractivity contribution >= 4 is 5.97 Å². The van der Waals surface area contributed by atoms with Gasteiger partial charge in [0, 0.05) is 42.4 Å². The van der Waals surface area contributed by atoms with Crippen LogP contribution < -0.4 is 5.32 Å². The molecular formula is C37H45N3O2. The van der Waals surface area contributed by atoms with Crippen molar-refractivity contribution in [1.82, 2.24) is 14.9 Å². The van der Waals surface area contributed by atoms with Gasteiger partial charge in [0.2, 0.25) is 0 Å². The van der Waals surface area contributed by atoms with Gasteiger partial charge in [-0.1, -0.05) is 98.8 Å². The zero-order valence-corrected chi connectivity index (χ0v) is 25.4. The molecule has 1 fully saturated rings. The first-order chi connectivity index (χ1) is 20.4. The second kappa shape index (κ2) is 14.0. The predicted molar refractivity (Wildman–Crippen MR) is 172 cm³/mol. The molecule has 5 nitrogen and oxygen atoms in total. The number of carbonyl (C=O) groups is 1. The lowest BCUT2D eigenvalue weighted by Gasteiger charge is -2.32. The summed E-state index contributed by atoms with van der Waals surface area (Å²) in [6, 6.07) is 25.0. The van der Waals surface area contributed by atoms with Crippen molar-refractivity contribution in [3.8, 4) is 22.6 Å². The van der Waals surface area contributed by atoms with Crippen LogP contribution in [0.15, 0.2) is 72.8 Å². The molecule has 0 spiro atoms. The molecule has 0 aliphatic heterocycles. The Kier molecular flexibility index (Phi) is 9.91. The first kappa shape index (κ1) is 29.8. The average molecular weight is 564 g/mol. The van der Waals surface area contributed by atoms with Crippen molar-refractivity contribution in [2.75, 3.05) is 0 Å². The van der Waals surface area contributed by atoms with Gasteiger partial charge in [-0.05, 0) is 62.3 Å². The van der Waals surface area contributed by atoms with E-state index in [0.29, 0.717) is 24.1 Å². The van der Waals surface area contributed by atoms with Crippen LogP contribution in [0.2, 0.25) is 0 Å². The van der Waals surface area contributed by atoms with Gasteiger partial charge in [-0.3, -0.25) is 0 Å². The molecule has 1 unspecified atom stereocenters. The Hall–Kier alpha value is -3.70. The van der Waals surface area contributed by atoms with Crippen molar-refractivity contribution < 1.29 is 9.90 Å². The number of aromatic nitrogens is 2. The Bertz CT molecular complexity index is 1460. The van der Waals surface area contributed by atoms with Crippen molar-refractivity contribution in [2.45, 2.75) is 91.3 Å². The maximum atomic E-state index is 11.4. The third-order valence-corrected chi connectivity index (χ3v) is 8.92. The molecule has 1 atom stereocenters. The Balaban J connectivity index is 1.56. The first-order valence-electron chi connectivity index (χ1n) is 15.7. The summed E-state index contributed by atoms with van der Waals surface area (Å²) in [6.07, 6.45) is 9.50. The number of carboxylic acids is 1. The minimum Gasteiger partial charge on any atom is -0.478 e. The van der Waals surface area contributed by atoms with E-state index < -0.39 is 5.97 Å². The molecule has 0 radical (unpaired) electrons. The monoisotopic (exact) mass is 563 g/mol. The second-order valence-electron chi connectivity index (χ2n) is 12.0. The summed E-state index contributed by atoms with van der Waals surface area (Å²) < 4.78 is 2.51. The highest BCUT2D eigenvalue weighted by Crippen LogP contribution is 2.35. The fraction of sp³-hybridized carbons (Fsp3) is 0.405. The van der Waals surface area contributed by atoms with E-state index in [1.807, 2.05) is 12.1 Å². The topological polar surface area (TPSA) is 67.2 Å². The van der Waals surface area contributed by atoms with Crippen LogP contribution in [-0.4, -0.2) is 26.7 Å². The number of rotatable bonds is 12. The van der Waals surface area contributed by atoms with Gasteiger partial charge < -0.3 is 15.0 Å². The molecule has 1 saturated carbocycles. The summed E-state index contributed by atoms with van der Waals surface area (Å²) in [6.45, 7) is 8.24. The van der Waals surface area contributed by atoms with Crippen LogP contribution in [0.1, 0.15) is 84.6 Å². The SMILES string of the molecule is CCCCn1c(-c2ccccc2C)nc(-c2ccc(C)cc2)c1CC(NCc1ccc(C(=O)O)cc1)C1CCCCC1. The van der Waals surface area contributed by atoms with Gasteiger partial charge in [-0.15, -0.1) is 0 Å². The lowest BCUT2D eigenvalue weighted by molar-refractivity contribution is 0.0697. The molecule has 1 aliphatic carbocycles. The standard InChI is InChI=1S/C37H45N3O2/c1-4-5-23-40-34(35(30-19-15-26(2)16-20-30)39-36(40)32-14-10-9-11-27(32)3)24-33(29-12-7-6-8-13-29)38-25-28-17-21-31(22-18-28)37(41)42/h9-11,14-22,29,33,38H,4-8,12-13,23-25H2,1-3H3,(H,41,42). The maximum absolute atomic E-state index is 11.4. The van der Waals surface area contributed by atoms with E-state index in [0.717, 1.165) is 42.9 Å². The lowest BCUT2D eigenvalue weighted by Crippen LogP contribution is -2.39. The summed E-state index contributed by atoms with van der Waals surface area (Å²) >= 11 is 0. The molecule has 1 aliphatic rings. The van der Waals surface area contributed by atoms with Crippen LogP contribution in [0.5, 0.6) is 0 Å². The maximum Gasteiger partial charge on any atom is 0.335 e. The smallest absolute Gasteiger partial charge is 0.335 e. The molecule has 220 valence electrons. The molecule has 0 saturated heterocycles. The summed E-state index contributed by atoms with van der Waals surface area (Å²) in [4.78, 5) is 16.8. The zero-order chi connectivity index (χ0) is 29.5. The van der Waals surface area contributed by atoms with E-state index in [2.05, 4.69) is 79.2 Å². The lowest BCUT2D eigenvalue weighted by atomic mass is 9.81. The summed E-state index contributed by atoms with van der Waals surface area (Å²) in [5.74, 6) is 0.779. The number of aryl methyl sites for hydroxylation is 2. The molecule has 1 aromatic heterocycles. The van der Waals surface area contributed by atoms with E-state index in [1.54, 1.807) is 12.1 Å². The van der Waals surface area contributed by atoms with Crippen LogP contribution in [0.3, 0.4) is 0 Å². The highest BCUT2D eigenvalue weighted by molar-refractivity contribution is 5.87. The number of imidazole rings is 1. The molecule has 5 heteroatoms. The number of unbranched alkanes of at least 4 members (excludes halogenated alkanes) is 1. The van der Waals surface area contributed by atoms with E-state index in [1.165, 1.54) is 60.1 Å². The van der Waals surface area contributed by atoms with E-state index in [9.17, 15) is 9.90 Å². The molecule has 0 bridgehead atoms. The van der Waals surface area contributed by atoms with Crippen molar-refractivity contribution in [2.24, 2.45) is 5.92 Å².